The van der Waals surface area contributed by atoms with Crippen molar-refractivity contribution in [2.24, 2.45) is 17.8 Å². The number of hydrogen-bond acceptors (Lipinski definition) is 5. The van der Waals surface area contributed by atoms with Crippen molar-refractivity contribution < 1.29 is 9.18 Å². The third kappa shape index (κ3) is 4.25. The minimum Gasteiger partial charge on any atom is -0.350 e. The molecule has 4 fully saturated rings. The normalized spacial score (nSPS) is 26.8. The maximum Gasteiger partial charge on any atom is 0.263 e. The lowest BCUT2D eigenvalue weighted by Crippen LogP contribution is -2.60. The second-order valence-electron chi connectivity index (χ2n) is 10.5. The fourth-order valence-electron chi connectivity index (χ4n) is 6.97. The highest BCUT2D eigenvalue weighted by molar-refractivity contribution is 7.99. The van der Waals surface area contributed by atoms with Gasteiger partial charge < -0.3 is 5.32 Å². The number of nitrogens with zero attached hydrogens (tertiary/aromatic N) is 2. The number of amides is 1. The van der Waals surface area contributed by atoms with Crippen molar-refractivity contribution in [3.63, 3.8) is 0 Å². The molecular formula is C27H28FN3O2S2. The van der Waals surface area contributed by atoms with Crippen molar-refractivity contribution in [2.45, 2.75) is 55.8 Å². The Morgan fingerprint density at radius 3 is 2.49 bits per heavy atom. The summed E-state index contributed by atoms with van der Waals surface area (Å²) in [6, 6.07) is 6.12. The first-order chi connectivity index (χ1) is 16.9. The van der Waals surface area contributed by atoms with Crippen LogP contribution in [0.4, 0.5) is 4.39 Å². The van der Waals surface area contributed by atoms with Crippen molar-refractivity contribution in [2.75, 3.05) is 5.75 Å². The lowest BCUT2D eigenvalue weighted by Gasteiger charge is -2.56. The molecule has 0 atom stereocenters. The summed E-state index contributed by atoms with van der Waals surface area (Å²) in [6.07, 6.45) is 9.01. The van der Waals surface area contributed by atoms with Crippen LogP contribution in [0, 0.1) is 23.6 Å². The van der Waals surface area contributed by atoms with Crippen LogP contribution < -0.4 is 10.9 Å². The van der Waals surface area contributed by atoms with Gasteiger partial charge in [-0.3, -0.25) is 14.2 Å². The van der Waals surface area contributed by atoms with E-state index in [1.807, 2.05) is 5.38 Å². The van der Waals surface area contributed by atoms with Crippen LogP contribution in [-0.2, 0) is 11.3 Å². The van der Waals surface area contributed by atoms with Gasteiger partial charge in [-0.05, 0) is 74.0 Å². The molecule has 0 saturated heterocycles. The van der Waals surface area contributed by atoms with E-state index < -0.39 is 0 Å². The minimum atomic E-state index is -0.319. The number of aromatic nitrogens is 2. The molecule has 5 nitrogen and oxygen atoms in total. The maximum absolute atomic E-state index is 13.5. The largest absolute Gasteiger partial charge is 0.350 e. The molecular weight excluding hydrogens is 481 g/mol. The van der Waals surface area contributed by atoms with Crippen molar-refractivity contribution >= 4 is 39.2 Å². The molecule has 4 aliphatic rings. The number of rotatable bonds is 7. The fourth-order valence-corrected chi connectivity index (χ4v) is 8.77. The van der Waals surface area contributed by atoms with Crippen LogP contribution >= 0.6 is 23.1 Å². The van der Waals surface area contributed by atoms with E-state index in [1.165, 1.54) is 54.5 Å². The second-order valence-corrected chi connectivity index (χ2v) is 12.3. The fraction of sp³-hybridized carbons (Fsp3) is 0.444. The van der Waals surface area contributed by atoms with E-state index in [9.17, 15) is 14.0 Å². The molecule has 1 amide bonds. The van der Waals surface area contributed by atoms with E-state index in [4.69, 9.17) is 4.98 Å². The average Bonchev–Trinajstić information content (AvgIpc) is 3.23. The highest BCUT2D eigenvalue weighted by Gasteiger charge is 2.51. The molecule has 182 valence electrons. The highest BCUT2D eigenvalue weighted by Crippen LogP contribution is 2.55. The smallest absolute Gasteiger partial charge is 0.263 e. The SMILES string of the molecule is C=CCn1c(SCC(=O)NC23CC4CC(CC(C4)C2)C3)nc2scc(-c3ccc(F)cc3)c2c1=O. The summed E-state index contributed by atoms with van der Waals surface area (Å²) in [4.78, 5) is 31.9. The molecule has 3 aromatic rings. The van der Waals surface area contributed by atoms with E-state index in [1.54, 1.807) is 22.8 Å². The van der Waals surface area contributed by atoms with Crippen LogP contribution in [0.5, 0.6) is 0 Å². The van der Waals surface area contributed by atoms with E-state index in [0.717, 1.165) is 48.1 Å². The van der Waals surface area contributed by atoms with Crippen molar-refractivity contribution in [1.29, 1.82) is 0 Å². The lowest BCUT2D eigenvalue weighted by atomic mass is 9.53. The quantitative estimate of drug-likeness (QED) is 0.255. The first-order valence-electron chi connectivity index (χ1n) is 12.3. The summed E-state index contributed by atoms with van der Waals surface area (Å²) >= 11 is 2.70. The summed E-state index contributed by atoms with van der Waals surface area (Å²) in [7, 11) is 0. The Kier molecular flexibility index (Phi) is 5.84. The van der Waals surface area contributed by atoms with Gasteiger partial charge in [-0.1, -0.05) is 30.0 Å². The van der Waals surface area contributed by atoms with E-state index in [-0.39, 0.29) is 28.6 Å². The van der Waals surface area contributed by atoms with E-state index in [0.29, 0.717) is 21.9 Å². The zero-order chi connectivity index (χ0) is 24.2. The minimum absolute atomic E-state index is 0.0228. The third-order valence-corrected chi connectivity index (χ3v) is 9.75. The zero-order valence-corrected chi connectivity index (χ0v) is 21.1. The van der Waals surface area contributed by atoms with Gasteiger partial charge in [0.1, 0.15) is 10.6 Å². The molecule has 1 aromatic carbocycles. The van der Waals surface area contributed by atoms with E-state index in [2.05, 4.69) is 11.9 Å². The number of thiophene rings is 1. The van der Waals surface area contributed by atoms with Gasteiger partial charge in [0, 0.05) is 23.0 Å². The van der Waals surface area contributed by atoms with Gasteiger partial charge in [-0.25, -0.2) is 9.37 Å². The number of halogens is 1. The number of hydrogen-bond donors (Lipinski definition) is 1. The number of carbonyl (C=O) groups excluding carboxylic acids is 1. The van der Waals surface area contributed by atoms with Crippen molar-refractivity contribution in [3.05, 3.63) is 58.5 Å². The second kappa shape index (κ2) is 8.89. The molecule has 4 aliphatic carbocycles. The molecule has 1 N–H and O–H groups in total. The summed E-state index contributed by atoms with van der Waals surface area (Å²) < 4.78 is 15.0. The summed E-state index contributed by atoms with van der Waals surface area (Å²) in [5.41, 5.74) is 1.33. The molecule has 4 saturated carbocycles. The molecule has 2 heterocycles. The van der Waals surface area contributed by atoms with Crippen LogP contribution in [0.3, 0.4) is 0 Å². The van der Waals surface area contributed by atoms with Crippen LogP contribution in [0.25, 0.3) is 21.3 Å². The molecule has 0 spiro atoms. The molecule has 2 aromatic heterocycles. The van der Waals surface area contributed by atoms with E-state index >= 15 is 0 Å². The summed E-state index contributed by atoms with van der Waals surface area (Å²) in [6.45, 7) is 4.10. The number of benzene rings is 1. The van der Waals surface area contributed by atoms with Crippen molar-refractivity contribution in [3.8, 4) is 11.1 Å². The Balaban J connectivity index is 1.24. The Bertz CT molecular complexity index is 1330. The summed E-state index contributed by atoms with van der Waals surface area (Å²) in [5, 5.41) is 6.34. The van der Waals surface area contributed by atoms with Gasteiger partial charge in [0.2, 0.25) is 5.91 Å². The summed E-state index contributed by atoms with van der Waals surface area (Å²) in [5.74, 6) is 2.24. The van der Waals surface area contributed by atoms with Crippen LogP contribution in [-0.4, -0.2) is 26.8 Å². The molecule has 0 unspecified atom stereocenters. The van der Waals surface area contributed by atoms with Crippen LogP contribution in [0.2, 0.25) is 0 Å². The van der Waals surface area contributed by atoms with Gasteiger partial charge in [0.15, 0.2) is 5.16 Å². The first kappa shape index (κ1) is 23.0. The average molecular weight is 510 g/mol. The first-order valence-corrected chi connectivity index (χ1v) is 14.1. The van der Waals surface area contributed by atoms with Crippen LogP contribution in [0.1, 0.15) is 38.5 Å². The van der Waals surface area contributed by atoms with Gasteiger partial charge in [-0.2, -0.15) is 0 Å². The Labute approximate surface area is 211 Å². The number of thioether (sulfide) groups is 1. The van der Waals surface area contributed by atoms with Gasteiger partial charge in [0.25, 0.3) is 5.56 Å². The highest BCUT2D eigenvalue weighted by atomic mass is 32.2. The number of nitrogens with one attached hydrogen (secondary N) is 1. The van der Waals surface area contributed by atoms with Gasteiger partial charge >= 0.3 is 0 Å². The maximum atomic E-state index is 13.5. The molecule has 0 aliphatic heterocycles. The molecule has 7 rings (SSSR count). The Hall–Kier alpha value is -2.45. The molecule has 4 bridgehead atoms. The Morgan fingerprint density at radius 2 is 1.86 bits per heavy atom. The molecule has 0 radical (unpaired) electrons. The van der Waals surface area contributed by atoms with Crippen molar-refractivity contribution in [1.82, 2.24) is 14.9 Å². The third-order valence-electron chi connectivity index (χ3n) is 7.90. The standard InChI is InChI=1S/C27H28FN3O2S2/c1-2-7-31-25(33)23-21(19-3-5-20(28)6-4-19)14-34-24(23)29-26(31)35-15-22(32)30-27-11-16-8-17(12-27)10-18(9-16)13-27/h2-6,14,16-18H,1,7-13,15H2,(H,30,32). The monoisotopic (exact) mass is 509 g/mol. The zero-order valence-electron chi connectivity index (χ0n) is 19.5. The predicted octanol–water partition coefficient (Wildman–Crippen LogP) is 5.63. The Morgan fingerprint density at radius 1 is 1.20 bits per heavy atom. The molecule has 35 heavy (non-hydrogen) atoms. The topological polar surface area (TPSA) is 64.0 Å². The lowest BCUT2D eigenvalue weighted by molar-refractivity contribution is -0.124. The van der Waals surface area contributed by atoms with Crippen LogP contribution in [0.15, 0.2) is 52.3 Å². The number of allylic oxidation sites excluding steroid dienone is 1. The number of fused-ring (bicyclic) bond motifs is 1. The predicted molar refractivity (Wildman–Crippen MR) is 139 cm³/mol. The number of carbonyl (C=O) groups is 1. The van der Waals surface area contributed by atoms with Gasteiger partial charge in [-0.15, -0.1) is 17.9 Å². The molecule has 8 heteroatoms. The van der Waals surface area contributed by atoms with Gasteiger partial charge in [0.05, 0.1) is 11.1 Å².